The molecule has 0 aliphatic carbocycles. The number of hydrogen-bond acceptors (Lipinski definition) is 5. The summed E-state index contributed by atoms with van der Waals surface area (Å²) in [4.78, 5) is 23.7. The van der Waals surface area contributed by atoms with E-state index in [-0.39, 0.29) is 5.75 Å². The third kappa shape index (κ3) is 5.35. The summed E-state index contributed by atoms with van der Waals surface area (Å²) in [7, 11) is 0. The van der Waals surface area contributed by atoms with Gasteiger partial charge in [0.05, 0.1) is 12.3 Å². The smallest absolute Gasteiger partial charge is 0.329 e. The van der Waals surface area contributed by atoms with Crippen molar-refractivity contribution in [1.29, 1.82) is 0 Å². The lowest BCUT2D eigenvalue weighted by molar-refractivity contribution is -0.136. The van der Waals surface area contributed by atoms with Crippen LogP contribution in [-0.4, -0.2) is 29.2 Å². The Morgan fingerprint density at radius 1 is 1.04 bits per heavy atom. The van der Waals surface area contributed by atoms with Gasteiger partial charge in [-0.05, 0) is 67.9 Å². The van der Waals surface area contributed by atoms with Crippen molar-refractivity contribution in [3.63, 3.8) is 0 Å². The van der Waals surface area contributed by atoms with Crippen molar-refractivity contribution < 1.29 is 19.4 Å². The molecule has 130 valence electrons. The predicted molar refractivity (Wildman–Crippen MR) is 94.7 cm³/mol. The molecule has 0 atom stereocenters. The first-order valence-electron chi connectivity index (χ1n) is 7.67. The summed E-state index contributed by atoms with van der Waals surface area (Å²) in [5.41, 5.74) is 3.89. The quantitative estimate of drug-likeness (QED) is 0.441. The van der Waals surface area contributed by atoms with E-state index in [9.17, 15) is 14.7 Å². The minimum atomic E-state index is -0.882. The van der Waals surface area contributed by atoms with E-state index in [1.165, 1.54) is 12.1 Å². The second-order valence-corrected chi connectivity index (χ2v) is 5.10. The molecule has 0 aliphatic heterocycles. The minimum Gasteiger partial charge on any atom is -0.508 e. The number of phenols is 1. The Balaban J connectivity index is 1.92. The van der Waals surface area contributed by atoms with Gasteiger partial charge >= 0.3 is 11.8 Å². The molecule has 0 radical (unpaired) electrons. The zero-order valence-corrected chi connectivity index (χ0v) is 13.9. The van der Waals surface area contributed by atoms with Gasteiger partial charge in [-0.25, -0.2) is 5.43 Å². The maximum absolute atomic E-state index is 11.9. The lowest BCUT2D eigenvalue weighted by atomic mass is 10.1. The van der Waals surface area contributed by atoms with Crippen molar-refractivity contribution in [3.05, 3.63) is 54.1 Å². The molecule has 0 aromatic heterocycles. The van der Waals surface area contributed by atoms with Crippen LogP contribution in [0, 0.1) is 0 Å². The van der Waals surface area contributed by atoms with Gasteiger partial charge in [-0.3, -0.25) is 9.59 Å². The molecule has 7 nitrogen and oxygen atoms in total. The van der Waals surface area contributed by atoms with E-state index in [0.717, 1.165) is 0 Å². The average Bonchev–Trinajstić information content (AvgIpc) is 2.61. The van der Waals surface area contributed by atoms with Crippen molar-refractivity contribution in [3.8, 4) is 11.5 Å². The highest BCUT2D eigenvalue weighted by atomic mass is 16.5. The first kappa shape index (κ1) is 18.0. The molecule has 2 rings (SSSR count). The summed E-state index contributed by atoms with van der Waals surface area (Å²) >= 11 is 0. The van der Waals surface area contributed by atoms with E-state index in [0.29, 0.717) is 29.3 Å². The van der Waals surface area contributed by atoms with Crippen LogP contribution in [0.25, 0.3) is 0 Å². The van der Waals surface area contributed by atoms with Crippen molar-refractivity contribution in [2.75, 3.05) is 11.9 Å². The van der Waals surface area contributed by atoms with Gasteiger partial charge in [0, 0.05) is 5.69 Å². The Morgan fingerprint density at radius 2 is 1.68 bits per heavy atom. The molecule has 2 aromatic carbocycles. The van der Waals surface area contributed by atoms with E-state index < -0.39 is 11.8 Å². The first-order valence-corrected chi connectivity index (χ1v) is 7.67. The fourth-order valence-electron chi connectivity index (χ4n) is 1.94. The van der Waals surface area contributed by atoms with Crippen molar-refractivity contribution in [1.82, 2.24) is 5.43 Å². The minimum absolute atomic E-state index is 0.135. The Bertz CT molecular complexity index is 768. The van der Waals surface area contributed by atoms with Crippen LogP contribution in [0.2, 0.25) is 0 Å². The maximum atomic E-state index is 11.9. The summed E-state index contributed by atoms with van der Waals surface area (Å²) in [5, 5.41) is 15.6. The van der Waals surface area contributed by atoms with Crippen molar-refractivity contribution >= 4 is 23.2 Å². The average molecular weight is 341 g/mol. The number of phenolic OH excluding ortho intramolecular Hbond substituents is 1. The van der Waals surface area contributed by atoms with Crippen molar-refractivity contribution in [2.45, 2.75) is 13.8 Å². The Morgan fingerprint density at radius 3 is 2.28 bits per heavy atom. The number of amides is 2. The lowest BCUT2D eigenvalue weighted by Crippen LogP contribution is -2.32. The Hall–Kier alpha value is -3.35. The van der Waals surface area contributed by atoms with Gasteiger partial charge in [0.25, 0.3) is 0 Å². The first-order chi connectivity index (χ1) is 12.0. The van der Waals surface area contributed by atoms with Crippen LogP contribution >= 0.6 is 0 Å². The van der Waals surface area contributed by atoms with Gasteiger partial charge in [-0.15, -0.1) is 0 Å². The van der Waals surface area contributed by atoms with Gasteiger partial charge in [0.1, 0.15) is 11.5 Å². The van der Waals surface area contributed by atoms with E-state index in [4.69, 9.17) is 4.74 Å². The van der Waals surface area contributed by atoms with Gasteiger partial charge in [-0.2, -0.15) is 5.10 Å². The van der Waals surface area contributed by atoms with Crippen LogP contribution in [-0.2, 0) is 9.59 Å². The molecule has 0 unspecified atom stereocenters. The number of rotatable bonds is 5. The van der Waals surface area contributed by atoms with Gasteiger partial charge in [0.15, 0.2) is 0 Å². The molecule has 2 amide bonds. The summed E-state index contributed by atoms with van der Waals surface area (Å²) in [6.45, 7) is 4.10. The fourth-order valence-corrected chi connectivity index (χ4v) is 1.94. The molecule has 0 aliphatic rings. The predicted octanol–water partition coefficient (Wildman–Crippen LogP) is 2.27. The third-order valence-corrected chi connectivity index (χ3v) is 3.24. The maximum Gasteiger partial charge on any atom is 0.329 e. The third-order valence-electron chi connectivity index (χ3n) is 3.24. The van der Waals surface area contributed by atoms with E-state index in [2.05, 4.69) is 15.8 Å². The molecule has 0 fully saturated rings. The van der Waals surface area contributed by atoms with E-state index in [1.54, 1.807) is 43.3 Å². The lowest BCUT2D eigenvalue weighted by Gasteiger charge is -2.07. The molecule has 25 heavy (non-hydrogen) atoms. The molecule has 0 heterocycles. The standard InChI is InChI=1S/C18H19N3O4/c1-3-25-16-10-6-14(7-11-16)19-17(23)18(24)21-20-12(2)13-4-8-15(22)9-5-13/h4-11,22H,3H2,1-2H3,(H,19,23)(H,21,24)/b20-12+. The second kappa shape index (κ2) is 8.49. The number of carbonyl (C=O) groups is 2. The van der Waals surface area contributed by atoms with E-state index in [1.807, 2.05) is 6.92 Å². The molecule has 0 bridgehead atoms. The molecule has 0 saturated heterocycles. The monoisotopic (exact) mass is 341 g/mol. The number of nitrogens with zero attached hydrogens (tertiary/aromatic N) is 1. The number of nitrogens with one attached hydrogen (secondary N) is 2. The van der Waals surface area contributed by atoms with Crippen LogP contribution < -0.4 is 15.5 Å². The number of anilines is 1. The van der Waals surface area contributed by atoms with E-state index >= 15 is 0 Å². The van der Waals surface area contributed by atoms with Crippen LogP contribution in [0.3, 0.4) is 0 Å². The molecular formula is C18H19N3O4. The molecule has 2 aromatic rings. The van der Waals surface area contributed by atoms with Crippen LogP contribution in [0.15, 0.2) is 53.6 Å². The highest BCUT2D eigenvalue weighted by Crippen LogP contribution is 2.15. The number of benzene rings is 2. The summed E-state index contributed by atoms with van der Waals surface area (Å²) in [5.74, 6) is -0.896. The normalized spacial score (nSPS) is 10.9. The molecule has 0 saturated carbocycles. The summed E-state index contributed by atoms with van der Waals surface area (Å²) in [6.07, 6.45) is 0. The highest BCUT2D eigenvalue weighted by Gasteiger charge is 2.13. The molecule has 0 spiro atoms. The molecular weight excluding hydrogens is 322 g/mol. The molecule has 7 heteroatoms. The van der Waals surface area contributed by atoms with Gasteiger partial charge in [-0.1, -0.05) is 0 Å². The highest BCUT2D eigenvalue weighted by molar-refractivity contribution is 6.39. The fraction of sp³-hybridized carbons (Fsp3) is 0.167. The summed E-state index contributed by atoms with van der Waals surface area (Å²) in [6, 6.07) is 13.0. The zero-order chi connectivity index (χ0) is 18.2. The topological polar surface area (TPSA) is 100 Å². The van der Waals surface area contributed by atoms with Crippen LogP contribution in [0.5, 0.6) is 11.5 Å². The summed E-state index contributed by atoms with van der Waals surface area (Å²) < 4.78 is 5.30. The van der Waals surface area contributed by atoms with Gasteiger partial charge < -0.3 is 15.2 Å². The largest absolute Gasteiger partial charge is 0.508 e. The van der Waals surface area contributed by atoms with Crippen molar-refractivity contribution in [2.24, 2.45) is 5.10 Å². The Labute approximate surface area is 145 Å². The number of ether oxygens (including phenoxy) is 1. The van der Waals surface area contributed by atoms with Crippen LogP contribution in [0.4, 0.5) is 5.69 Å². The number of hydrogen-bond donors (Lipinski definition) is 3. The molecule has 3 N–H and O–H groups in total. The SMILES string of the molecule is CCOc1ccc(NC(=O)C(=O)N/N=C(\C)c2ccc(O)cc2)cc1. The second-order valence-electron chi connectivity index (χ2n) is 5.10. The number of carbonyl (C=O) groups excluding carboxylic acids is 2. The number of hydrazone groups is 1. The van der Waals surface area contributed by atoms with Crippen LogP contribution in [0.1, 0.15) is 19.4 Å². The zero-order valence-electron chi connectivity index (χ0n) is 13.9. The van der Waals surface area contributed by atoms with Gasteiger partial charge in [0.2, 0.25) is 0 Å². The number of aromatic hydroxyl groups is 1. The Kier molecular flexibility index (Phi) is 6.11.